The van der Waals surface area contributed by atoms with Crippen LogP contribution >= 0.6 is 15.9 Å². The van der Waals surface area contributed by atoms with Gasteiger partial charge >= 0.3 is 0 Å². The number of nitrogens with one attached hydrogen (secondary N) is 1. The highest BCUT2D eigenvalue weighted by molar-refractivity contribution is 9.10. The van der Waals surface area contributed by atoms with Crippen LogP contribution in [0.15, 0.2) is 47.1 Å². The zero-order valence-electron chi connectivity index (χ0n) is 13.3. The Morgan fingerprint density at radius 2 is 2.09 bits per heavy atom. The van der Waals surface area contributed by atoms with E-state index in [1.54, 1.807) is 0 Å². The highest BCUT2D eigenvalue weighted by Gasteiger charge is 2.27. The number of hydrogen-bond acceptors (Lipinski definition) is 4. The van der Waals surface area contributed by atoms with Crippen molar-refractivity contribution in [2.45, 2.75) is 13.0 Å². The topological polar surface area (TPSA) is 37.4 Å². The third-order valence-corrected chi connectivity index (χ3v) is 4.54. The first-order valence-electron chi connectivity index (χ1n) is 8.07. The second-order valence-electron chi connectivity index (χ2n) is 5.56. The standard InChI is InChI=1S/C18H22BrN3O/c1-2-23-17-7-6-14(19)13-15(17)18(16-5-3-4-8-21-16)22-11-9-20-10-12-22/h3-8,13,18,20H,2,9-12H2,1H3. The van der Waals surface area contributed by atoms with Gasteiger partial charge in [-0.15, -0.1) is 0 Å². The van der Waals surface area contributed by atoms with Gasteiger partial charge < -0.3 is 10.1 Å². The van der Waals surface area contributed by atoms with E-state index in [0.29, 0.717) is 6.61 Å². The molecule has 23 heavy (non-hydrogen) atoms. The van der Waals surface area contributed by atoms with Gasteiger partial charge in [-0.1, -0.05) is 22.0 Å². The average molecular weight is 376 g/mol. The van der Waals surface area contributed by atoms with Crippen LogP contribution in [-0.4, -0.2) is 42.7 Å². The van der Waals surface area contributed by atoms with Crippen molar-refractivity contribution in [3.8, 4) is 5.75 Å². The third-order valence-electron chi connectivity index (χ3n) is 4.05. The molecule has 1 aromatic carbocycles. The molecule has 1 aliphatic heterocycles. The number of piperazine rings is 1. The molecule has 4 nitrogen and oxygen atoms in total. The number of benzene rings is 1. The smallest absolute Gasteiger partial charge is 0.124 e. The summed E-state index contributed by atoms with van der Waals surface area (Å²) >= 11 is 3.61. The molecule has 0 spiro atoms. The lowest BCUT2D eigenvalue weighted by atomic mass is 9.99. The maximum Gasteiger partial charge on any atom is 0.124 e. The van der Waals surface area contributed by atoms with Gasteiger partial charge in [0.2, 0.25) is 0 Å². The van der Waals surface area contributed by atoms with Crippen molar-refractivity contribution in [3.05, 3.63) is 58.3 Å². The molecule has 1 unspecified atom stereocenters. The molecule has 0 bridgehead atoms. The Morgan fingerprint density at radius 3 is 2.78 bits per heavy atom. The van der Waals surface area contributed by atoms with E-state index in [1.165, 1.54) is 5.56 Å². The van der Waals surface area contributed by atoms with E-state index in [-0.39, 0.29) is 6.04 Å². The van der Waals surface area contributed by atoms with Crippen molar-refractivity contribution in [3.63, 3.8) is 0 Å². The summed E-state index contributed by atoms with van der Waals surface area (Å²) in [4.78, 5) is 7.10. The van der Waals surface area contributed by atoms with Crippen LogP contribution in [0.4, 0.5) is 0 Å². The molecular formula is C18H22BrN3O. The zero-order chi connectivity index (χ0) is 16.1. The van der Waals surface area contributed by atoms with Crippen molar-refractivity contribution in [1.29, 1.82) is 0 Å². The number of hydrogen-bond donors (Lipinski definition) is 1. The van der Waals surface area contributed by atoms with Gasteiger partial charge in [0.05, 0.1) is 18.3 Å². The van der Waals surface area contributed by atoms with Gasteiger partial charge in [-0.05, 0) is 37.3 Å². The third kappa shape index (κ3) is 3.91. The molecule has 1 aliphatic rings. The molecule has 2 aromatic rings. The maximum absolute atomic E-state index is 5.89. The molecule has 122 valence electrons. The summed E-state index contributed by atoms with van der Waals surface area (Å²) in [6.45, 7) is 6.68. The quantitative estimate of drug-likeness (QED) is 0.870. The van der Waals surface area contributed by atoms with Crippen molar-refractivity contribution < 1.29 is 4.74 Å². The Morgan fingerprint density at radius 1 is 1.26 bits per heavy atom. The average Bonchev–Trinajstić information content (AvgIpc) is 2.60. The normalized spacial score (nSPS) is 17.0. The molecule has 0 aliphatic carbocycles. The number of halogens is 1. The molecular weight excluding hydrogens is 354 g/mol. The second kappa shape index (κ2) is 7.90. The number of ether oxygens (including phenoxy) is 1. The van der Waals surface area contributed by atoms with Gasteiger partial charge in [-0.3, -0.25) is 9.88 Å². The highest BCUT2D eigenvalue weighted by atomic mass is 79.9. The van der Waals surface area contributed by atoms with Crippen LogP contribution in [0.25, 0.3) is 0 Å². The lowest BCUT2D eigenvalue weighted by molar-refractivity contribution is 0.191. The number of rotatable bonds is 5. The van der Waals surface area contributed by atoms with Crippen LogP contribution in [0.1, 0.15) is 24.2 Å². The number of aromatic nitrogens is 1. The van der Waals surface area contributed by atoms with Gasteiger partial charge in [0.1, 0.15) is 5.75 Å². The molecule has 5 heteroatoms. The second-order valence-corrected chi connectivity index (χ2v) is 6.47. The van der Waals surface area contributed by atoms with Gasteiger partial charge in [0.25, 0.3) is 0 Å². The predicted octanol–water partition coefficient (Wildman–Crippen LogP) is 3.24. The Kier molecular flexibility index (Phi) is 5.65. The first-order valence-corrected chi connectivity index (χ1v) is 8.87. The van der Waals surface area contributed by atoms with Crippen molar-refractivity contribution in [1.82, 2.24) is 15.2 Å². The van der Waals surface area contributed by atoms with Crippen molar-refractivity contribution in [2.75, 3.05) is 32.8 Å². The van der Waals surface area contributed by atoms with E-state index < -0.39 is 0 Å². The largest absolute Gasteiger partial charge is 0.494 e. The summed E-state index contributed by atoms with van der Waals surface area (Å²) in [6.07, 6.45) is 1.86. The Bertz CT molecular complexity index is 629. The predicted molar refractivity (Wildman–Crippen MR) is 95.8 cm³/mol. The van der Waals surface area contributed by atoms with E-state index in [2.05, 4.69) is 49.3 Å². The first kappa shape index (κ1) is 16.4. The van der Waals surface area contributed by atoms with Gasteiger partial charge in [0.15, 0.2) is 0 Å². The Hall–Kier alpha value is -1.43. The van der Waals surface area contributed by atoms with Gasteiger partial charge in [-0.2, -0.15) is 0 Å². The zero-order valence-corrected chi connectivity index (χ0v) is 14.9. The van der Waals surface area contributed by atoms with E-state index in [9.17, 15) is 0 Å². The summed E-state index contributed by atoms with van der Waals surface area (Å²) in [5, 5.41) is 3.42. The van der Waals surface area contributed by atoms with E-state index in [1.807, 2.05) is 31.3 Å². The Balaban J connectivity index is 2.06. The fraction of sp³-hybridized carbons (Fsp3) is 0.389. The van der Waals surface area contributed by atoms with Crippen molar-refractivity contribution in [2.24, 2.45) is 0 Å². The lowest BCUT2D eigenvalue weighted by Crippen LogP contribution is -2.45. The minimum absolute atomic E-state index is 0.109. The summed E-state index contributed by atoms with van der Waals surface area (Å²) in [7, 11) is 0. The minimum Gasteiger partial charge on any atom is -0.494 e. The Labute approximate surface area is 146 Å². The van der Waals surface area contributed by atoms with E-state index >= 15 is 0 Å². The fourth-order valence-electron chi connectivity index (χ4n) is 3.04. The molecule has 2 heterocycles. The molecule has 1 atom stereocenters. The fourth-order valence-corrected chi connectivity index (χ4v) is 3.42. The molecule has 0 amide bonds. The molecule has 1 N–H and O–H groups in total. The lowest BCUT2D eigenvalue weighted by Gasteiger charge is -2.35. The summed E-state index contributed by atoms with van der Waals surface area (Å²) in [5.74, 6) is 0.935. The summed E-state index contributed by atoms with van der Waals surface area (Å²) in [5.41, 5.74) is 2.23. The van der Waals surface area contributed by atoms with Crippen LogP contribution in [-0.2, 0) is 0 Å². The van der Waals surface area contributed by atoms with E-state index in [0.717, 1.165) is 42.1 Å². The number of nitrogens with zero attached hydrogens (tertiary/aromatic N) is 2. The molecule has 0 saturated carbocycles. The van der Waals surface area contributed by atoms with Crippen molar-refractivity contribution >= 4 is 15.9 Å². The van der Waals surface area contributed by atoms with Crippen LogP contribution in [0, 0.1) is 0 Å². The molecule has 1 fully saturated rings. The van der Waals surface area contributed by atoms with Crippen LogP contribution in [0.3, 0.4) is 0 Å². The first-order chi connectivity index (χ1) is 11.3. The number of pyridine rings is 1. The maximum atomic E-state index is 5.89. The molecule has 1 aromatic heterocycles. The summed E-state index contributed by atoms with van der Waals surface area (Å²) in [6, 6.07) is 12.5. The summed E-state index contributed by atoms with van der Waals surface area (Å²) < 4.78 is 6.96. The highest BCUT2D eigenvalue weighted by Crippen LogP contribution is 2.36. The SMILES string of the molecule is CCOc1ccc(Br)cc1C(c1ccccn1)N1CCNCC1. The van der Waals surface area contributed by atoms with Crippen LogP contribution in [0.2, 0.25) is 0 Å². The minimum atomic E-state index is 0.109. The molecule has 3 rings (SSSR count). The monoisotopic (exact) mass is 375 g/mol. The molecule has 0 radical (unpaired) electrons. The van der Waals surface area contributed by atoms with Gasteiger partial charge in [-0.25, -0.2) is 0 Å². The molecule has 1 saturated heterocycles. The van der Waals surface area contributed by atoms with Crippen LogP contribution in [0.5, 0.6) is 5.75 Å². The van der Waals surface area contributed by atoms with Gasteiger partial charge in [0, 0.05) is 42.4 Å². The van der Waals surface area contributed by atoms with Crippen LogP contribution < -0.4 is 10.1 Å². The van der Waals surface area contributed by atoms with E-state index in [4.69, 9.17) is 4.74 Å².